The van der Waals surface area contributed by atoms with E-state index in [0.29, 0.717) is 18.5 Å². The fourth-order valence-electron chi connectivity index (χ4n) is 3.32. The third-order valence-corrected chi connectivity index (χ3v) is 4.87. The van der Waals surface area contributed by atoms with Crippen molar-refractivity contribution in [3.05, 3.63) is 68.3 Å². The second-order valence-electron chi connectivity index (χ2n) is 7.09. The number of allylic oxidation sites excluding steroid dienone is 1. The molecule has 3 aromatic rings. The van der Waals surface area contributed by atoms with Gasteiger partial charge in [0.2, 0.25) is 0 Å². The highest BCUT2D eigenvalue weighted by atomic mass is 19.4. The zero-order valence-corrected chi connectivity index (χ0v) is 17.6. The second kappa shape index (κ2) is 9.25. The van der Waals surface area contributed by atoms with E-state index in [1.807, 2.05) is 6.92 Å². The topological polar surface area (TPSA) is 109 Å². The van der Waals surface area contributed by atoms with Crippen LogP contribution in [0, 0.1) is 5.41 Å². The molecule has 0 unspecified atom stereocenters. The SMILES string of the molecule is CCCn1c(=O)c2[nH]c(/C(C=N)=C/NCc3cccc(C(F)(F)F)c3)nc2n(CC)c1=O. The number of hydrogen-bond acceptors (Lipinski definition) is 5. The summed E-state index contributed by atoms with van der Waals surface area (Å²) in [4.78, 5) is 32.6. The highest BCUT2D eigenvalue weighted by Gasteiger charge is 2.30. The van der Waals surface area contributed by atoms with E-state index in [4.69, 9.17) is 5.41 Å². The van der Waals surface area contributed by atoms with Crippen molar-refractivity contribution in [3.63, 3.8) is 0 Å². The molecule has 0 spiro atoms. The third-order valence-electron chi connectivity index (χ3n) is 4.87. The number of H-pyrrole nitrogens is 1. The van der Waals surface area contributed by atoms with Gasteiger partial charge < -0.3 is 15.7 Å². The minimum atomic E-state index is -4.43. The van der Waals surface area contributed by atoms with E-state index in [1.165, 1.54) is 16.8 Å². The van der Waals surface area contributed by atoms with Gasteiger partial charge in [-0.2, -0.15) is 13.2 Å². The third kappa shape index (κ3) is 4.51. The normalized spacial score (nSPS) is 12.3. The van der Waals surface area contributed by atoms with Crippen LogP contribution in [0.5, 0.6) is 0 Å². The molecule has 2 aromatic heterocycles. The van der Waals surface area contributed by atoms with E-state index in [9.17, 15) is 22.8 Å². The van der Waals surface area contributed by atoms with E-state index in [2.05, 4.69) is 15.3 Å². The van der Waals surface area contributed by atoms with Gasteiger partial charge in [0.15, 0.2) is 5.65 Å². The number of fused-ring (bicyclic) bond motifs is 1. The Morgan fingerprint density at radius 2 is 2.00 bits per heavy atom. The van der Waals surface area contributed by atoms with E-state index in [-0.39, 0.29) is 35.7 Å². The van der Waals surface area contributed by atoms with E-state index >= 15 is 0 Å². The van der Waals surface area contributed by atoms with Crippen molar-refractivity contribution in [1.82, 2.24) is 24.4 Å². The van der Waals surface area contributed by atoms with Crippen LogP contribution in [-0.4, -0.2) is 25.3 Å². The first-order valence-electron chi connectivity index (χ1n) is 10.0. The molecule has 0 radical (unpaired) electrons. The molecule has 32 heavy (non-hydrogen) atoms. The Labute approximate surface area is 180 Å². The summed E-state index contributed by atoms with van der Waals surface area (Å²) >= 11 is 0. The molecule has 0 atom stereocenters. The van der Waals surface area contributed by atoms with E-state index < -0.39 is 23.0 Å². The fraction of sp³-hybridized carbons (Fsp3) is 0.333. The smallest absolute Gasteiger partial charge is 0.386 e. The molecule has 1 aromatic carbocycles. The number of nitrogens with zero attached hydrogens (tertiary/aromatic N) is 3. The Bertz CT molecular complexity index is 1280. The average Bonchev–Trinajstić information content (AvgIpc) is 3.19. The Hall–Kier alpha value is -3.63. The quantitative estimate of drug-likeness (QED) is 0.460. The minimum Gasteiger partial charge on any atom is -0.386 e. The van der Waals surface area contributed by atoms with Crippen LogP contribution in [0.1, 0.15) is 37.2 Å². The molecule has 3 rings (SSSR count). The molecule has 0 aliphatic heterocycles. The van der Waals surface area contributed by atoms with Crippen LogP contribution in [0.3, 0.4) is 0 Å². The number of aryl methyl sites for hydroxylation is 1. The maximum atomic E-state index is 12.9. The molecule has 11 heteroatoms. The summed E-state index contributed by atoms with van der Waals surface area (Å²) in [5, 5.41) is 10.5. The number of hydrogen-bond donors (Lipinski definition) is 3. The van der Waals surface area contributed by atoms with Gasteiger partial charge in [-0.15, -0.1) is 0 Å². The Morgan fingerprint density at radius 1 is 1.25 bits per heavy atom. The predicted molar refractivity (Wildman–Crippen MR) is 116 cm³/mol. The molecule has 2 heterocycles. The van der Waals surface area contributed by atoms with Crippen LogP contribution in [-0.2, 0) is 25.8 Å². The van der Waals surface area contributed by atoms with Crippen molar-refractivity contribution in [2.24, 2.45) is 0 Å². The molecular weight excluding hydrogens is 425 g/mol. The Morgan fingerprint density at radius 3 is 2.62 bits per heavy atom. The number of aromatic nitrogens is 4. The molecule has 0 bridgehead atoms. The van der Waals surface area contributed by atoms with Crippen LogP contribution in [0.25, 0.3) is 16.7 Å². The van der Waals surface area contributed by atoms with Crippen LogP contribution in [0.2, 0.25) is 0 Å². The zero-order valence-electron chi connectivity index (χ0n) is 17.6. The van der Waals surface area contributed by atoms with Crippen molar-refractivity contribution in [1.29, 1.82) is 5.41 Å². The predicted octanol–water partition coefficient (Wildman–Crippen LogP) is 3.12. The molecular formula is C21H23F3N6O2. The van der Waals surface area contributed by atoms with E-state index in [0.717, 1.165) is 22.9 Å². The number of nitrogens with one attached hydrogen (secondary N) is 3. The standard InChI is InChI=1S/C21H23F3N6O2/c1-3-8-30-19(31)16-18(29(4-2)20(30)32)28-17(27-16)14(10-25)12-26-11-13-6-5-7-15(9-13)21(22,23)24/h5-7,9-10,12,25-26H,3-4,8,11H2,1-2H3,(H,27,28)/b14-12+,25-10?. The summed E-state index contributed by atoms with van der Waals surface area (Å²) in [5.41, 5.74) is -0.663. The Balaban J connectivity index is 1.94. The molecule has 170 valence electrons. The summed E-state index contributed by atoms with van der Waals surface area (Å²) in [7, 11) is 0. The van der Waals surface area contributed by atoms with Gasteiger partial charge in [-0.1, -0.05) is 19.1 Å². The molecule has 0 saturated carbocycles. The zero-order chi connectivity index (χ0) is 23.5. The molecule has 0 amide bonds. The van der Waals surface area contributed by atoms with Crippen LogP contribution >= 0.6 is 0 Å². The second-order valence-corrected chi connectivity index (χ2v) is 7.09. The number of aromatic amines is 1. The lowest BCUT2D eigenvalue weighted by Crippen LogP contribution is -2.39. The average molecular weight is 448 g/mol. The minimum absolute atomic E-state index is 0.0878. The van der Waals surface area contributed by atoms with Gasteiger partial charge >= 0.3 is 11.9 Å². The van der Waals surface area contributed by atoms with E-state index in [1.54, 1.807) is 13.0 Å². The first-order chi connectivity index (χ1) is 15.2. The lowest BCUT2D eigenvalue weighted by molar-refractivity contribution is -0.137. The molecule has 0 aliphatic rings. The summed E-state index contributed by atoms with van der Waals surface area (Å²) in [6, 6.07) is 4.92. The van der Waals surface area contributed by atoms with Crippen molar-refractivity contribution >= 4 is 23.0 Å². The first kappa shape index (κ1) is 23.0. The number of imidazole rings is 1. The van der Waals surface area contributed by atoms with Gasteiger partial charge in [-0.3, -0.25) is 13.9 Å². The van der Waals surface area contributed by atoms with Gasteiger partial charge in [-0.05, 0) is 31.0 Å². The number of halogens is 3. The van der Waals surface area contributed by atoms with Gasteiger partial charge in [0.25, 0.3) is 5.56 Å². The van der Waals surface area contributed by atoms with Gasteiger partial charge in [0, 0.05) is 32.0 Å². The monoisotopic (exact) mass is 448 g/mol. The first-order valence-corrected chi connectivity index (χ1v) is 10.0. The van der Waals surface area contributed by atoms with Crippen LogP contribution < -0.4 is 16.6 Å². The molecule has 0 saturated heterocycles. The van der Waals surface area contributed by atoms with Crippen LogP contribution in [0.15, 0.2) is 40.1 Å². The van der Waals surface area contributed by atoms with Gasteiger partial charge in [-0.25, -0.2) is 9.78 Å². The fourth-order valence-corrected chi connectivity index (χ4v) is 3.32. The largest absolute Gasteiger partial charge is 0.416 e. The molecule has 3 N–H and O–H groups in total. The summed E-state index contributed by atoms with van der Waals surface area (Å²) in [6.07, 6.45) is -1.41. The molecule has 0 aliphatic carbocycles. The van der Waals surface area contributed by atoms with Crippen LogP contribution in [0.4, 0.5) is 13.2 Å². The summed E-state index contributed by atoms with van der Waals surface area (Å²) in [5.74, 6) is 0.194. The van der Waals surface area contributed by atoms with Gasteiger partial charge in [0.05, 0.1) is 11.1 Å². The molecule has 8 nitrogen and oxygen atoms in total. The Kier molecular flexibility index (Phi) is 6.66. The molecule has 0 fully saturated rings. The van der Waals surface area contributed by atoms with Crippen molar-refractivity contribution < 1.29 is 13.2 Å². The van der Waals surface area contributed by atoms with Gasteiger partial charge in [0.1, 0.15) is 11.3 Å². The maximum Gasteiger partial charge on any atom is 0.416 e. The van der Waals surface area contributed by atoms with Crippen molar-refractivity contribution in [2.75, 3.05) is 0 Å². The van der Waals surface area contributed by atoms with Crippen molar-refractivity contribution in [2.45, 2.75) is 46.1 Å². The maximum absolute atomic E-state index is 12.9. The highest BCUT2D eigenvalue weighted by Crippen LogP contribution is 2.29. The number of rotatable bonds is 8. The summed E-state index contributed by atoms with van der Waals surface area (Å²) < 4.78 is 41.1. The van der Waals surface area contributed by atoms with Crippen molar-refractivity contribution in [3.8, 4) is 0 Å². The highest BCUT2D eigenvalue weighted by molar-refractivity contribution is 6.07. The lowest BCUT2D eigenvalue weighted by Gasteiger charge is -2.09. The lowest BCUT2D eigenvalue weighted by atomic mass is 10.1. The number of alkyl halides is 3. The number of benzene rings is 1. The summed E-state index contributed by atoms with van der Waals surface area (Å²) in [6.45, 7) is 4.29.